The van der Waals surface area contributed by atoms with E-state index < -0.39 is 5.91 Å². The molecule has 0 fully saturated rings. The highest BCUT2D eigenvalue weighted by molar-refractivity contribution is 6.08. The zero-order chi connectivity index (χ0) is 21.3. The molecule has 2 aromatic heterocycles. The Morgan fingerprint density at radius 3 is 2.87 bits per heavy atom. The lowest BCUT2D eigenvalue weighted by atomic mass is 10.1. The minimum Gasteiger partial charge on any atom is -0.447 e. The predicted octanol–water partition coefficient (Wildman–Crippen LogP) is 2.51. The summed E-state index contributed by atoms with van der Waals surface area (Å²) in [5.41, 5.74) is 4.37. The number of anilines is 2. The van der Waals surface area contributed by atoms with Gasteiger partial charge in [0, 0.05) is 36.9 Å². The Kier molecular flexibility index (Phi) is 5.09. The Morgan fingerprint density at radius 2 is 2.10 bits per heavy atom. The van der Waals surface area contributed by atoms with Crippen LogP contribution in [0.2, 0.25) is 0 Å². The van der Waals surface area contributed by atoms with Crippen LogP contribution in [0.4, 0.5) is 11.4 Å². The molecule has 0 radical (unpaired) electrons. The second-order valence-corrected chi connectivity index (χ2v) is 7.19. The van der Waals surface area contributed by atoms with Crippen LogP contribution in [0.5, 0.6) is 0 Å². The van der Waals surface area contributed by atoms with Gasteiger partial charge in [0.15, 0.2) is 5.58 Å². The Hall–Kier alpha value is -3.88. The summed E-state index contributed by atoms with van der Waals surface area (Å²) in [7, 11) is 3.24. The van der Waals surface area contributed by atoms with E-state index in [1.165, 1.54) is 11.1 Å². The first-order valence-electron chi connectivity index (χ1n) is 9.44. The number of carbonyl (C=O) groups is 2. The van der Waals surface area contributed by atoms with Gasteiger partial charge in [0.2, 0.25) is 11.7 Å². The molecule has 0 saturated carbocycles. The molecule has 1 aromatic carbocycles. The molecule has 1 aliphatic rings. The lowest BCUT2D eigenvalue weighted by Gasteiger charge is -2.11. The summed E-state index contributed by atoms with van der Waals surface area (Å²) in [6, 6.07) is 7.46. The van der Waals surface area contributed by atoms with Crippen LogP contribution in [0, 0.1) is 0 Å². The number of rotatable bonds is 5. The summed E-state index contributed by atoms with van der Waals surface area (Å²) in [6.07, 6.45) is 4.62. The number of carbonyl (C=O) groups excluding carboxylic acids is 2. The zero-order valence-electron chi connectivity index (χ0n) is 16.6. The summed E-state index contributed by atoms with van der Waals surface area (Å²) in [4.78, 5) is 30.0. The van der Waals surface area contributed by atoms with Crippen molar-refractivity contribution in [2.75, 3.05) is 26.0 Å². The van der Waals surface area contributed by atoms with Gasteiger partial charge >= 0.3 is 0 Å². The average molecular weight is 407 g/mol. The minimum atomic E-state index is -0.500. The number of hydrogen-bond acceptors (Lipinski definition) is 7. The summed E-state index contributed by atoms with van der Waals surface area (Å²) in [6.45, 7) is -0.136. The Morgan fingerprint density at radius 1 is 1.27 bits per heavy atom. The van der Waals surface area contributed by atoms with Crippen LogP contribution in [-0.4, -0.2) is 53.3 Å². The molecule has 2 amide bonds. The third kappa shape index (κ3) is 3.57. The van der Waals surface area contributed by atoms with Gasteiger partial charge < -0.3 is 25.2 Å². The van der Waals surface area contributed by atoms with Crippen LogP contribution >= 0.6 is 0 Å². The van der Waals surface area contributed by atoms with Crippen molar-refractivity contribution >= 4 is 39.9 Å². The van der Waals surface area contributed by atoms with Gasteiger partial charge in [-0.15, -0.1) is 0 Å². The fourth-order valence-electron chi connectivity index (χ4n) is 3.43. The first-order valence-corrected chi connectivity index (χ1v) is 9.44. The molecule has 4 rings (SSSR count). The highest BCUT2D eigenvalue weighted by Gasteiger charge is 2.23. The standard InChI is InChI=1S/C21H21N5O4/c1-26(2)18(27)11-23-21(28)20-19(15-7-8-22-10-17(15)30-20)24-13-4-5-14-12(9-13)3-6-16(14)25-29/h4-5,7-10,24,29H,3,6,11H2,1-2H3,(H,23,28). The molecule has 0 aliphatic heterocycles. The number of oxime groups is 1. The van der Waals surface area contributed by atoms with E-state index in [1.807, 2.05) is 18.2 Å². The molecular weight excluding hydrogens is 386 g/mol. The summed E-state index contributed by atoms with van der Waals surface area (Å²) >= 11 is 0. The van der Waals surface area contributed by atoms with E-state index in [0.29, 0.717) is 28.8 Å². The Balaban J connectivity index is 1.66. The summed E-state index contributed by atoms with van der Waals surface area (Å²) in [5.74, 6) is -0.655. The normalized spacial score (nSPS) is 14.0. The number of benzene rings is 1. The molecule has 2 heterocycles. The van der Waals surface area contributed by atoms with E-state index in [9.17, 15) is 9.59 Å². The second kappa shape index (κ2) is 7.86. The van der Waals surface area contributed by atoms with Gasteiger partial charge in [0.25, 0.3) is 5.91 Å². The van der Waals surface area contributed by atoms with Crippen molar-refractivity contribution in [3.63, 3.8) is 0 Å². The molecule has 0 atom stereocenters. The fourth-order valence-corrected chi connectivity index (χ4v) is 3.43. The molecule has 30 heavy (non-hydrogen) atoms. The van der Waals surface area contributed by atoms with E-state index in [-0.39, 0.29) is 18.2 Å². The van der Waals surface area contributed by atoms with Crippen molar-refractivity contribution in [1.82, 2.24) is 15.2 Å². The molecule has 0 spiro atoms. The summed E-state index contributed by atoms with van der Waals surface area (Å²) < 4.78 is 5.74. The lowest BCUT2D eigenvalue weighted by molar-refractivity contribution is -0.127. The van der Waals surface area contributed by atoms with Gasteiger partial charge in [-0.05, 0) is 36.6 Å². The zero-order valence-corrected chi connectivity index (χ0v) is 16.6. The fraction of sp³-hybridized carbons (Fsp3) is 0.238. The van der Waals surface area contributed by atoms with E-state index in [2.05, 4.69) is 20.8 Å². The molecular formula is C21H21N5O4. The number of fused-ring (bicyclic) bond motifs is 2. The van der Waals surface area contributed by atoms with Gasteiger partial charge in [0.05, 0.1) is 24.1 Å². The van der Waals surface area contributed by atoms with Crippen LogP contribution < -0.4 is 10.6 Å². The largest absolute Gasteiger partial charge is 0.447 e. The molecule has 0 bridgehead atoms. The van der Waals surface area contributed by atoms with Crippen molar-refractivity contribution in [1.29, 1.82) is 0 Å². The minimum absolute atomic E-state index is 0.0719. The monoisotopic (exact) mass is 407 g/mol. The van der Waals surface area contributed by atoms with Gasteiger partial charge in [-0.2, -0.15) is 0 Å². The predicted molar refractivity (Wildman–Crippen MR) is 111 cm³/mol. The highest BCUT2D eigenvalue weighted by Crippen LogP contribution is 2.34. The van der Waals surface area contributed by atoms with Crippen molar-refractivity contribution in [3.8, 4) is 0 Å². The van der Waals surface area contributed by atoms with Crippen LogP contribution in [0.3, 0.4) is 0 Å². The van der Waals surface area contributed by atoms with Crippen molar-refractivity contribution in [2.45, 2.75) is 12.8 Å². The number of likely N-dealkylation sites (N-methyl/N-ethyl adjacent to an activating group) is 1. The summed E-state index contributed by atoms with van der Waals surface area (Å²) in [5, 5.41) is 19.0. The van der Waals surface area contributed by atoms with Crippen LogP contribution in [0.1, 0.15) is 28.1 Å². The van der Waals surface area contributed by atoms with E-state index >= 15 is 0 Å². The first-order chi connectivity index (χ1) is 14.5. The molecule has 3 N–H and O–H groups in total. The Bertz CT molecular complexity index is 1170. The number of nitrogens with one attached hydrogen (secondary N) is 2. The highest BCUT2D eigenvalue weighted by atomic mass is 16.4. The maximum atomic E-state index is 12.7. The first kappa shape index (κ1) is 19.4. The Labute approximate surface area is 172 Å². The third-order valence-electron chi connectivity index (χ3n) is 5.04. The van der Waals surface area contributed by atoms with Crippen molar-refractivity contribution < 1.29 is 19.2 Å². The smallest absolute Gasteiger partial charge is 0.289 e. The van der Waals surface area contributed by atoms with Gasteiger partial charge in [0.1, 0.15) is 0 Å². The topological polar surface area (TPSA) is 120 Å². The molecule has 3 aromatic rings. The van der Waals surface area contributed by atoms with Gasteiger partial charge in [-0.25, -0.2) is 0 Å². The van der Waals surface area contributed by atoms with E-state index in [4.69, 9.17) is 9.62 Å². The van der Waals surface area contributed by atoms with Crippen molar-refractivity contribution in [3.05, 3.63) is 53.5 Å². The van der Waals surface area contributed by atoms with Crippen LogP contribution in [0.25, 0.3) is 11.0 Å². The number of nitrogens with zero attached hydrogens (tertiary/aromatic N) is 3. The van der Waals surface area contributed by atoms with Gasteiger partial charge in [-0.3, -0.25) is 14.6 Å². The number of aryl methyl sites for hydroxylation is 1. The van der Waals surface area contributed by atoms with Gasteiger partial charge in [-0.1, -0.05) is 11.2 Å². The SMILES string of the molecule is CN(C)C(=O)CNC(=O)c1oc2cnccc2c1Nc1ccc2c(c1)CCC2=NO. The molecule has 0 saturated heterocycles. The molecule has 0 unspecified atom stereocenters. The number of pyridine rings is 1. The average Bonchev–Trinajstić information content (AvgIpc) is 3.32. The van der Waals surface area contributed by atoms with Crippen molar-refractivity contribution in [2.24, 2.45) is 5.16 Å². The molecule has 9 nitrogen and oxygen atoms in total. The number of aromatic nitrogens is 1. The lowest BCUT2D eigenvalue weighted by Crippen LogP contribution is -2.36. The number of amides is 2. The van der Waals surface area contributed by atoms with Crippen LogP contribution in [0.15, 0.2) is 46.2 Å². The number of furan rings is 1. The molecule has 154 valence electrons. The number of hydrogen-bond donors (Lipinski definition) is 3. The molecule has 1 aliphatic carbocycles. The van der Waals surface area contributed by atoms with Crippen LogP contribution in [-0.2, 0) is 11.2 Å². The maximum Gasteiger partial charge on any atom is 0.289 e. The van der Waals surface area contributed by atoms with E-state index in [0.717, 1.165) is 23.2 Å². The second-order valence-electron chi connectivity index (χ2n) is 7.19. The third-order valence-corrected chi connectivity index (χ3v) is 5.04. The molecule has 9 heteroatoms. The quantitative estimate of drug-likeness (QED) is 0.442. The van der Waals surface area contributed by atoms with E-state index in [1.54, 1.807) is 26.4 Å². The maximum absolute atomic E-state index is 12.7.